The Bertz CT molecular complexity index is 458. The molecule has 0 amide bonds. The van der Waals surface area contributed by atoms with Crippen molar-refractivity contribution in [3.63, 3.8) is 0 Å². The Hall–Kier alpha value is -1.24. The number of nitrogens with zero attached hydrogens (tertiary/aromatic N) is 1. The SMILES string of the molecule is C=C(C)CNC(N)=NCc1cc(C)cc(OC)c1.I. The van der Waals surface area contributed by atoms with Crippen molar-refractivity contribution in [1.29, 1.82) is 0 Å². The van der Waals surface area contributed by atoms with Crippen molar-refractivity contribution in [3.05, 3.63) is 41.5 Å². The van der Waals surface area contributed by atoms with Crippen molar-refractivity contribution in [3.8, 4) is 5.75 Å². The van der Waals surface area contributed by atoms with Gasteiger partial charge in [0.2, 0.25) is 0 Å². The molecule has 0 saturated heterocycles. The third-order valence-corrected chi connectivity index (χ3v) is 2.35. The number of nitrogens with two attached hydrogens (primary N) is 1. The third-order valence-electron chi connectivity index (χ3n) is 2.35. The molecule has 0 unspecified atom stereocenters. The number of benzene rings is 1. The van der Waals surface area contributed by atoms with Crippen LogP contribution in [0.1, 0.15) is 18.1 Å². The van der Waals surface area contributed by atoms with Crippen molar-refractivity contribution < 1.29 is 4.74 Å². The van der Waals surface area contributed by atoms with E-state index in [4.69, 9.17) is 10.5 Å². The highest BCUT2D eigenvalue weighted by molar-refractivity contribution is 14.0. The zero-order chi connectivity index (χ0) is 13.5. The molecule has 19 heavy (non-hydrogen) atoms. The minimum atomic E-state index is 0. The van der Waals surface area contributed by atoms with Gasteiger partial charge in [-0.3, -0.25) is 0 Å². The summed E-state index contributed by atoms with van der Waals surface area (Å²) in [6.07, 6.45) is 0. The van der Waals surface area contributed by atoms with E-state index in [0.717, 1.165) is 22.4 Å². The second kappa shape index (κ2) is 8.79. The van der Waals surface area contributed by atoms with Crippen LogP contribution < -0.4 is 15.8 Å². The number of ether oxygens (including phenoxy) is 1. The molecule has 1 aromatic carbocycles. The van der Waals surface area contributed by atoms with E-state index in [2.05, 4.69) is 23.0 Å². The van der Waals surface area contributed by atoms with Gasteiger partial charge in [-0.15, -0.1) is 24.0 Å². The molecule has 4 nitrogen and oxygen atoms in total. The first kappa shape index (κ1) is 17.8. The number of halogens is 1. The summed E-state index contributed by atoms with van der Waals surface area (Å²) in [5.41, 5.74) is 8.99. The average Bonchev–Trinajstić information content (AvgIpc) is 2.33. The summed E-state index contributed by atoms with van der Waals surface area (Å²) in [4.78, 5) is 4.27. The summed E-state index contributed by atoms with van der Waals surface area (Å²) < 4.78 is 5.21. The standard InChI is InChI=1S/C14H21N3O.HI/c1-10(2)8-16-14(15)17-9-12-5-11(3)6-13(7-12)18-4;/h5-7H,1,8-9H2,2-4H3,(H3,15,16,17);1H. The molecule has 106 valence electrons. The topological polar surface area (TPSA) is 59.6 Å². The fraction of sp³-hybridized carbons (Fsp3) is 0.357. The highest BCUT2D eigenvalue weighted by atomic mass is 127. The van der Waals surface area contributed by atoms with Crippen LogP contribution in [0.4, 0.5) is 0 Å². The number of aliphatic imine (C=N–C) groups is 1. The van der Waals surface area contributed by atoms with E-state index in [1.54, 1.807) is 7.11 Å². The van der Waals surface area contributed by atoms with Gasteiger partial charge in [0, 0.05) is 6.54 Å². The molecule has 1 aromatic rings. The van der Waals surface area contributed by atoms with Crippen LogP contribution in [-0.2, 0) is 6.54 Å². The summed E-state index contributed by atoms with van der Waals surface area (Å²) in [6.45, 7) is 8.93. The number of methoxy groups -OCH3 is 1. The van der Waals surface area contributed by atoms with Crippen molar-refractivity contribution in [2.75, 3.05) is 13.7 Å². The highest BCUT2D eigenvalue weighted by Gasteiger charge is 1.99. The molecule has 0 fully saturated rings. The number of rotatable bonds is 5. The fourth-order valence-corrected chi connectivity index (χ4v) is 1.51. The van der Waals surface area contributed by atoms with Crippen molar-refractivity contribution >= 4 is 29.9 Å². The summed E-state index contributed by atoms with van der Waals surface area (Å²) in [7, 11) is 1.66. The van der Waals surface area contributed by atoms with Gasteiger partial charge in [0.25, 0.3) is 0 Å². The smallest absolute Gasteiger partial charge is 0.189 e. The van der Waals surface area contributed by atoms with Crippen LogP contribution in [-0.4, -0.2) is 19.6 Å². The zero-order valence-corrected chi connectivity index (χ0v) is 14.0. The van der Waals surface area contributed by atoms with Gasteiger partial charge in [0.15, 0.2) is 5.96 Å². The molecule has 0 radical (unpaired) electrons. The highest BCUT2D eigenvalue weighted by Crippen LogP contribution is 2.16. The van der Waals surface area contributed by atoms with E-state index in [9.17, 15) is 0 Å². The quantitative estimate of drug-likeness (QED) is 0.360. The van der Waals surface area contributed by atoms with Crippen LogP contribution in [0.15, 0.2) is 35.3 Å². The van der Waals surface area contributed by atoms with E-state index in [-0.39, 0.29) is 24.0 Å². The van der Waals surface area contributed by atoms with Gasteiger partial charge < -0.3 is 15.8 Å². The molecule has 3 N–H and O–H groups in total. The monoisotopic (exact) mass is 375 g/mol. The lowest BCUT2D eigenvalue weighted by Crippen LogP contribution is -2.32. The van der Waals surface area contributed by atoms with Gasteiger partial charge in [-0.25, -0.2) is 4.99 Å². The van der Waals surface area contributed by atoms with Gasteiger partial charge in [-0.2, -0.15) is 0 Å². The van der Waals surface area contributed by atoms with E-state index < -0.39 is 0 Å². The number of aryl methyl sites for hydroxylation is 1. The van der Waals surface area contributed by atoms with Crippen LogP contribution in [0, 0.1) is 6.92 Å². The van der Waals surface area contributed by atoms with Crippen molar-refractivity contribution in [2.24, 2.45) is 10.7 Å². The van der Waals surface area contributed by atoms with Crippen molar-refractivity contribution in [2.45, 2.75) is 20.4 Å². The van der Waals surface area contributed by atoms with Gasteiger partial charge in [0.05, 0.1) is 13.7 Å². The van der Waals surface area contributed by atoms with Crippen LogP contribution in [0.3, 0.4) is 0 Å². The summed E-state index contributed by atoms with van der Waals surface area (Å²) >= 11 is 0. The number of hydrogen-bond acceptors (Lipinski definition) is 2. The normalized spacial score (nSPS) is 10.6. The largest absolute Gasteiger partial charge is 0.497 e. The summed E-state index contributed by atoms with van der Waals surface area (Å²) in [5, 5.41) is 2.99. The van der Waals surface area contributed by atoms with E-state index in [1.165, 1.54) is 0 Å². The molecule has 0 aliphatic rings. The maximum absolute atomic E-state index is 5.74. The first-order valence-electron chi connectivity index (χ1n) is 5.84. The Kier molecular flexibility index (Phi) is 8.22. The number of nitrogens with one attached hydrogen (secondary N) is 1. The fourth-order valence-electron chi connectivity index (χ4n) is 1.51. The molecule has 0 atom stereocenters. The Morgan fingerprint density at radius 1 is 1.42 bits per heavy atom. The lowest BCUT2D eigenvalue weighted by atomic mass is 10.1. The number of guanidine groups is 1. The zero-order valence-electron chi connectivity index (χ0n) is 11.7. The average molecular weight is 375 g/mol. The third kappa shape index (κ3) is 7.05. The molecular formula is C14H22IN3O. The van der Waals surface area contributed by atoms with Gasteiger partial charge in [-0.05, 0) is 37.1 Å². The second-order valence-electron chi connectivity index (χ2n) is 4.37. The summed E-state index contributed by atoms with van der Waals surface area (Å²) in [5.74, 6) is 1.27. The molecular weight excluding hydrogens is 353 g/mol. The molecule has 5 heteroatoms. The predicted octanol–water partition coefficient (Wildman–Crippen LogP) is 2.60. The lowest BCUT2D eigenvalue weighted by molar-refractivity contribution is 0.414. The Morgan fingerprint density at radius 2 is 2.11 bits per heavy atom. The molecule has 0 aliphatic carbocycles. The van der Waals surface area contributed by atoms with Gasteiger partial charge in [-0.1, -0.05) is 18.2 Å². The minimum Gasteiger partial charge on any atom is -0.497 e. The maximum atomic E-state index is 5.74. The molecule has 0 aromatic heterocycles. The lowest BCUT2D eigenvalue weighted by Gasteiger charge is -2.07. The molecule has 1 rings (SSSR count). The second-order valence-corrected chi connectivity index (χ2v) is 4.37. The van der Waals surface area contributed by atoms with Gasteiger partial charge >= 0.3 is 0 Å². The van der Waals surface area contributed by atoms with E-state index in [0.29, 0.717) is 19.0 Å². The predicted molar refractivity (Wildman–Crippen MR) is 91.3 cm³/mol. The van der Waals surface area contributed by atoms with Crippen LogP contribution >= 0.6 is 24.0 Å². The van der Waals surface area contributed by atoms with E-state index in [1.807, 2.05) is 26.0 Å². The Balaban J connectivity index is 0.00000324. The van der Waals surface area contributed by atoms with E-state index >= 15 is 0 Å². The number of hydrogen-bond donors (Lipinski definition) is 2. The maximum Gasteiger partial charge on any atom is 0.189 e. The van der Waals surface area contributed by atoms with Gasteiger partial charge in [0.1, 0.15) is 5.75 Å². The molecule has 0 spiro atoms. The molecule has 0 aliphatic heterocycles. The van der Waals surface area contributed by atoms with Crippen LogP contribution in [0.2, 0.25) is 0 Å². The Labute approximate surface area is 132 Å². The first-order valence-corrected chi connectivity index (χ1v) is 5.84. The van der Waals surface area contributed by atoms with Crippen LogP contribution in [0.25, 0.3) is 0 Å². The van der Waals surface area contributed by atoms with Crippen LogP contribution in [0.5, 0.6) is 5.75 Å². The molecule has 0 bridgehead atoms. The molecule has 0 heterocycles. The Morgan fingerprint density at radius 3 is 2.68 bits per heavy atom. The first-order chi connectivity index (χ1) is 8.51. The van der Waals surface area contributed by atoms with Crippen molar-refractivity contribution in [1.82, 2.24) is 5.32 Å². The molecule has 0 saturated carbocycles. The summed E-state index contributed by atoms with van der Waals surface area (Å²) in [6, 6.07) is 6.01. The minimum absolute atomic E-state index is 0.